The molecule has 0 aliphatic heterocycles. The van der Waals surface area contributed by atoms with Crippen molar-refractivity contribution in [2.24, 2.45) is 0 Å². The molecule has 2 aromatic heterocycles. The van der Waals surface area contributed by atoms with Crippen LogP contribution in [0.3, 0.4) is 0 Å². The number of nitrogens with one attached hydrogen (secondary N) is 1. The molecule has 0 atom stereocenters. The van der Waals surface area contributed by atoms with Crippen LogP contribution in [0.2, 0.25) is 10.0 Å². The summed E-state index contributed by atoms with van der Waals surface area (Å²) in [7, 11) is 0. The molecule has 130 valence electrons. The minimum absolute atomic E-state index is 0.245. The Morgan fingerprint density at radius 3 is 2.65 bits per heavy atom. The van der Waals surface area contributed by atoms with Gasteiger partial charge in [-0.1, -0.05) is 47.5 Å². The molecule has 1 amide bonds. The molecule has 2 aromatic carbocycles. The molecule has 0 fully saturated rings. The molecular weight excluding hydrogens is 407 g/mol. The van der Waals surface area contributed by atoms with Crippen molar-refractivity contribution >= 4 is 67.0 Å². The Hall–Kier alpha value is -1.92. The highest BCUT2D eigenvalue weighted by Crippen LogP contribution is 2.36. The number of thiazole rings is 1. The maximum absolute atomic E-state index is 12.6. The average molecular weight is 419 g/mol. The van der Waals surface area contributed by atoms with Gasteiger partial charge in [0, 0.05) is 26.1 Å². The fraction of sp³-hybridized carbons (Fsp3) is 0.0526. The van der Waals surface area contributed by atoms with E-state index in [1.54, 1.807) is 0 Å². The second-order valence-electron chi connectivity index (χ2n) is 5.74. The van der Waals surface area contributed by atoms with E-state index in [9.17, 15) is 4.79 Å². The third kappa shape index (κ3) is 3.35. The second-order valence-corrected chi connectivity index (χ2v) is 8.47. The molecule has 0 spiro atoms. The number of thiophene rings is 1. The van der Waals surface area contributed by atoms with Gasteiger partial charge in [0.15, 0.2) is 5.13 Å². The summed E-state index contributed by atoms with van der Waals surface area (Å²) < 4.78 is 1.00. The van der Waals surface area contributed by atoms with Crippen LogP contribution in [0, 0.1) is 6.92 Å². The zero-order valence-corrected chi connectivity index (χ0v) is 16.7. The van der Waals surface area contributed by atoms with Gasteiger partial charge in [0.2, 0.25) is 0 Å². The van der Waals surface area contributed by atoms with E-state index in [0.717, 1.165) is 26.9 Å². The first-order valence-electron chi connectivity index (χ1n) is 7.73. The summed E-state index contributed by atoms with van der Waals surface area (Å²) in [6.45, 7) is 2.01. The highest BCUT2D eigenvalue weighted by molar-refractivity contribution is 7.22. The lowest BCUT2D eigenvalue weighted by Crippen LogP contribution is -2.10. The Morgan fingerprint density at radius 2 is 1.88 bits per heavy atom. The molecule has 1 N–H and O–H groups in total. The van der Waals surface area contributed by atoms with E-state index in [1.165, 1.54) is 22.7 Å². The summed E-state index contributed by atoms with van der Waals surface area (Å²) in [4.78, 5) is 17.6. The van der Waals surface area contributed by atoms with Gasteiger partial charge in [-0.3, -0.25) is 10.1 Å². The van der Waals surface area contributed by atoms with Crippen molar-refractivity contribution in [2.75, 3.05) is 5.32 Å². The first-order chi connectivity index (χ1) is 12.5. The number of anilines is 1. The van der Waals surface area contributed by atoms with E-state index < -0.39 is 0 Å². The van der Waals surface area contributed by atoms with E-state index in [1.807, 2.05) is 54.8 Å². The molecule has 4 aromatic rings. The minimum Gasteiger partial charge on any atom is -0.297 e. The van der Waals surface area contributed by atoms with Gasteiger partial charge in [0.05, 0.1) is 10.7 Å². The van der Waals surface area contributed by atoms with Crippen LogP contribution >= 0.6 is 45.9 Å². The summed E-state index contributed by atoms with van der Waals surface area (Å²) >= 11 is 15.1. The Labute approximate surface area is 168 Å². The van der Waals surface area contributed by atoms with Crippen LogP contribution in [0.15, 0.2) is 47.8 Å². The predicted octanol–water partition coefficient (Wildman–Crippen LogP) is 6.89. The molecule has 4 rings (SSSR count). The molecular formula is C19H12Cl2N2OS2. The number of amides is 1. The standard InChI is InChI=1S/C19H12Cl2N2OS2/c1-10-2-7-13-15(8-10)26-17(16(13)21)18(24)23-19-22-14(9-25-19)11-3-5-12(20)6-4-11/h2-9H,1H3,(H,22,23,24). The lowest BCUT2D eigenvalue weighted by molar-refractivity contribution is 0.103. The lowest BCUT2D eigenvalue weighted by Gasteiger charge is -2.00. The van der Waals surface area contributed by atoms with Gasteiger partial charge in [0.25, 0.3) is 5.91 Å². The van der Waals surface area contributed by atoms with Gasteiger partial charge in [-0.2, -0.15) is 0 Å². The van der Waals surface area contributed by atoms with Gasteiger partial charge in [-0.05, 0) is 30.7 Å². The second kappa shape index (κ2) is 7.00. The molecule has 7 heteroatoms. The molecule has 3 nitrogen and oxygen atoms in total. The fourth-order valence-corrected chi connectivity index (χ4v) is 4.91. The summed E-state index contributed by atoms with van der Waals surface area (Å²) in [5, 5.41) is 7.33. The van der Waals surface area contributed by atoms with Gasteiger partial charge >= 0.3 is 0 Å². The molecule has 0 saturated heterocycles. The van der Waals surface area contributed by atoms with Gasteiger partial charge in [-0.25, -0.2) is 4.98 Å². The number of halogens is 2. The molecule has 0 unspecified atom stereocenters. The Morgan fingerprint density at radius 1 is 1.12 bits per heavy atom. The number of aromatic nitrogens is 1. The van der Waals surface area contributed by atoms with Crippen molar-refractivity contribution < 1.29 is 4.79 Å². The monoisotopic (exact) mass is 418 g/mol. The smallest absolute Gasteiger partial charge is 0.269 e. The summed E-state index contributed by atoms with van der Waals surface area (Å²) in [5.41, 5.74) is 2.87. The van der Waals surface area contributed by atoms with Crippen molar-refractivity contribution in [2.45, 2.75) is 6.92 Å². The van der Waals surface area contributed by atoms with Gasteiger partial charge in [0.1, 0.15) is 4.88 Å². The van der Waals surface area contributed by atoms with E-state index in [-0.39, 0.29) is 5.91 Å². The van der Waals surface area contributed by atoms with Crippen LogP contribution in [0.1, 0.15) is 15.2 Å². The van der Waals surface area contributed by atoms with E-state index in [4.69, 9.17) is 23.2 Å². The summed E-state index contributed by atoms with van der Waals surface area (Å²) in [6, 6.07) is 13.4. The van der Waals surface area contributed by atoms with E-state index >= 15 is 0 Å². The number of fused-ring (bicyclic) bond motifs is 1. The van der Waals surface area contributed by atoms with E-state index in [0.29, 0.717) is 20.1 Å². The third-order valence-corrected chi connectivity index (χ3v) is 6.52. The third-order valence-electron chi connectivity index (χ3n) is 3.86. The molecule has 0 aliphatic rings. The molecule has 2 heterocycles. The van der Waals surface area contributed by atoms with Crippen LogP contribution in [0.4, 0.5) is 5.13 Å². The molecule has 26 heavy (non-hydrogen) atoms. The minimum atomic E-state index is -0.245. The number of carbonyl (C=O) groups is 1. The molecule has 0 aliphatic carbocycles. The normalized spacial score (nSPS) is 11.0. The fourth-order valence-electron chi connectivity index (χ4n) is 2.56. The van der Waals surface area contributed by atoms with Crippen LogP contribution < -0.4 is 5.32 Å². The number of aryl methyl sites for hydroxylation is 1. The highest BCUT2D eigenvalue weighted by Gasteiger charge is 2.18. The van der Waals surface area contributed by atoms with E-state index in [2.05, 4.69) is 10.3 Å². The summed E-state index contributed by atoms with van der Waals surface area (Å²) in [5.74, 6) is -0.245. The number of carbonyl (C=O) groups excluding carboxylic acids is 1. The van der Waals surface area contributed by atoms with Crippen molar-refractivity contribution in [3.05, 3.63) is 68.3 Å². The number of benzene rings is 2. The largest absolute Gasteiger partial charge is 0.297 e. The summed E-state index contributed by atoms with van der Waals surface area (Å²) in [6.07, 6.45) is 0. The van der Waals surface area contributed by atoms with Crippen LogP contribution in [0.25, 0.3) is 21.3 Å². The topological polar surface area (TPSA) is 42.0 Å². The first kappa shape index (κ1) is 17.5. The first-order valence-corrected chi connectivity index (χ1v) is 10.2. The Balaban J connectivity index is 1.59. The van der Waals surface area contributed by atoms with Crippen LogP contribution in [-0.4, -0.2) is 10.9 Å². The number of hydrogen-bond donors (Lipinski definition) is 1. The Kier molecular flexibility index (Phi) is 4.71. The predicted molar refractivity (Wildman–Crippen MR) is 112 cm³/mol. The van der Waals surface area contributed by atoms with Crippen LogP contribution in [-0.2, 0) is 0 Å². The lowest BCUT2D eigenvalue weighted by atomic mass is 10.2. The maximum atomic E-state index is 12.6. The maximum Gasteiger partial charge on any atom is 0.269 e. The van der Waals surface area contributed by atoms with Gasteiger partial charge in [-0.15, -0.1) is 22.7 Å². The number of nitrogens with zero attached hydrogens (tertiary/aromatic N) is 1. The molecule has 0 radical (unpaired) electrons. The van der Waals surface area contributed by atoms with Crippen molar-refractivity contribution in [1.82, 2.24) is 4.98 Å². The quantitative estimate of drug-likeness (QED) is 0.393. The average Bonchev–Trinajstić information content (AvgIpc) is 3.20. The van der Waals surface area contributed by atoms with Crippen molar-refractivity contribution in [1.29, 1.82) is 0 Å². The van der Waals surface area contributed by atoms with Crippen LogP contribution in [0.5, 0.6) is 0 Å². The molecule has 0 bridgehead atoms. The highest BCUT2D eigenvalue weighted by atomic mass is 35.5. The number of hydrogen-bond acceptors (Lipinski definition) is 4. The zero-order valence-electron chi connectivity index (χ0n) is 13.5. The zero-order chi connectivity index (χ0) is 18.3. The SMILES string of the molecule is Cc1ccc2c(Cl)c(C(=O)Nc3nc(-c4ccc(Cl)cc4)cs3)sc2c1. The molecule has 0 saturated carbocycles. The van der Waals surface area contributed by atoms with Crippen molar-refractivity contribution in [3.8, 4) is 11.3 Å². The van der Waals surface area contributed by atoms with Gasteiger partial charge < -0.3 is 0 Å². The Bertz CT molecular complexity index is 1120. The number of rotatable bonds is 3. The van der Waals surface area contributed by atoms with Crippen molar-refractivity contribution in [3.63, 3.8) is 0 Å².